The molecule has 8 nitrogen and oxygen atoms in total. The van der Waals surface area contributed by atoms with Gasteiger partial charge in [-0.1, -0.05) is 134 Å². The molecule has 8 heteroatoms. The van der Waals surface area contributed by atoms with Crippen molar-refractivity contribution in [1.82, 2.24) is 0 Å². The lowest BCUT2D eigenvalue weighted by molar-refractivity contribution is -0.887. The highest BCUT2D eigenvalue weighted by atomic mass is 16.6. The zero-order valence-electron chi connectivity index (χ0n) is 31.4. The fraction of sp³-hybridized carbons (Fsp3) is 0.775. The summed E-state index contributed by atoms with van der Waals surface area (Å²) in [7, 11) is 5.51. The molecule has 48 heavy (non-hydrogen) atoms. The number of allylic oxidation sites excluding steroid dienone is 6. The molecule has 0 saturated carbocycles. The summed E-state index contributed by atoms with van der Waals surface area (Å²) < 4.78 is 17.2. The van der Waals surface area contributed by atoms with Gasteiger partial charge in [-0.05, 0) is 32.1 Å². The van der Waals surface area contributed by atoms with Crippen LogP contribution in [0.3, 0.4) is 0 Å². The Hall–Kier alpha value is -2.45. The summed E-state index contributed by atoms with van der Waals surface area (Å²) in [6.07, 6.45) is 33.3. The standard InChI is InChI=1S/C40H71NO7/c1-6-8-10-12-14-16-17-18-19-20-21-23-25-27-29-31-39(43)48-36(34-46-33-32-37(40(44)45)41(3,4)5)35-47-38(42)30-28-26-24-22-15-13-11-9-7-2/h8,10,12,14,16-17,36-37H,6-7,9,11,13,15,18-35H2,1-5H3/p+1/b10-8+,14-12+,17-16+. The Bertz CT molecular complexity index is 891. The number of ether oxygens (including phenoxy) is 3. The zero-order valence-corrected chi connectivity index (χ0v) is 31.4. The van der Waals surface area contributed by atoms with Gasteiger partial charge in [-0.2, -0.15) is 0 Å². The van der Waals surface area contributed by atoms with Crippen molar-refractivity contribution in [2.45, 2.75) is 161 Å². The van der Waals surface area contributed by atoms with E-state index in [0.29, 0.717) is 19.3 Å². The smallest absolute Gasteiger partial charge is 0.362 e. The first kappa shape index (κ1) is 45.6. The van der Waals surface area contributed by atoms with E-state index in [1.54, 1.807) is 0 Å². The number of esters is 2. The molecule has 278 valence electrons. The number of aliphatic carboxylic acids is 1. The molecule has 0 amide bonds. The molecule has 0 aromatic heterocycles. The number of nitrogens with zero attached hydrogens (tertiary/aromatic N) is 1. The third-order valence-corrected chi connectivity index (χ3v) is 8.37. The van der Waals surface area contributed by atoms with Crippen molar-refractivity contribution in [3.05, 3.63) is 36.5 Å². The third kappa shape index (κ3) is 29.7. The minimum Gasteiger partial charge on any atom is -0.477 e. The van der Waals surface area contributed by atoms with Gasteiger partial charge in [0.2, 0.25) is 0 Å². The van der Waals surface area contributed by atoms with Crippen molar-refractivity contribution < 1.29 is 38.2 Å². The molecule has 0 radical (unpaired) electrons. The molecule has 0 heterocycles. The lowest BCUT2D eigenvalue weighted by Gasteiger charge is -2.31. The third-order valence-electron chi connectivity index (χ3n) is 8.37. The Kier molecular flexibility index (Phi) is 30.2. The largest absolute Gasteiger partial charge is 0.477 e. The van der Waals surface area contributed by atoms with Crippen molar-refractivity contribution in [2.24, 2.45) is 0 Å². The van der Waals surface area contributed by atoms with Crippen LogP contribution in [-0.2, 0) is 28.6 Å². The van der Waals surface area contributed by atoms with Gasteiger partial charge in [0.05, 0.1) is 34.4 Å². The van der Waals surface area contributed by atoms with Gasteiger partial charge in [0.25, 0.3) is 0 Å². The van der Waals surface area contributed by atoms with Crippen molar-refractivity contribution in [2.75, 3.05) is 41.0 Å². The van der Waals surface area contributed by atoms with Crippen LogP contribution in [0.2, 0.25) is 0 Å². The number of carbonyl (C=O) groups excluding carboxylic acids is 2. The molecule has 2 atom stereocenters. The van der Waals surface area contributed by atoms with Gasteiger partial charge in [0, 0.05) is 19.3 Å². The summed E-state index contributed by atoms with van der Waals surface area (Å²) in [4.78, 5) is 36.7. The first-order valence-electron chi connectivity index (χ1n) is 19.1. The second-order valence-electron chi connectivity index (χ2n) is 13.9. The fourth-order valence-electron chi connectivity index (χ4n) is 5.38. The van der Waals surface area contributed by atoms with E-state index in [4.69, 9.17) is 14.2 Å². The van der Waals surface area contributed by atoms with Gasteiger partial charge in [0.15, 0.2) is 12.1 Å². The number of carbonyl (C=O) groups is 3. The second-order valence-corrected chi connectivity index (χ2v) is 13.9. The lowest BCUT2D eigenvalue weighted by atomic mass is 10.1. The monoisotopic (exact) mass is 679 g/mol. The highest BCUT2D eigenvalue weighted by Gasteiger charge is 2.31. The summed E-state index contributed by atoms with van der Waals surface area (Å²) in [6, 6.07) is -0.614. The van der Waals surface area contributed by atoms with Crippen molar-refractivity contribution >= 4 is 17.9 Å². The highest BCUT2D eigenvalue weighted by Crippen LogP contribution is 2.14. The molecule has 0 aliphatic heterocycles. The number of likely N-dealkylation sites (N-methyl/N-ethyl adjacent to an activating group) is 1. The number of quaternary nitrogens is 1. The van der Waals surface area contributed by atoms with E-state index in [-0.39, 0.29) is 36.2 Å². The molecular formula is C40H72NO7+. The van der Waals surface area contributed by atoms with Crippen LogP contribution in [0, 0.1) is 0 Å². The predicted octanol–water partition coefficient (Wildman–Crippen LogP) is 9.52. The molecule has 0 rings (SSSR count). The molecule has 0 aromatic carbocycles. The van der Waals surface area contributed by atoms with Crippen LogP contribution < -0.4 is 0 Å². The number of rotatable bonds is 33. The van der Waals surface area contributed by atoms with Crippen LogP contribution in [0.15, 0.2) is 36.5 Å². The number of unbranched alkanes of at least 4 members (excludes halogenated alkanes) is 15. The van der Waals surface area contributed by atoms with Crippen LogP contribution in [-0.4, -0.2) is 80.6 Å². The fourth-order valence-corrected chi connectivity index (χ4v) is 5.38. The quantitative estimate of drug-likeness (QED) is 0.0319. The number of carboxylic acids is 1. The van der Waals surface area contributed by atoms with Gasteiger partial charge >= 0.3 is 17.9 Å². The Labute approximate surface area is 293 Å². The lowest BCUT2D eigenvalue weighted by Crippen LogP contribution is -2.50. The maximum absolute atomic E-state index is 12.6. The Morgan fingerprint density at radius 3 is 1.71 bits per heavy atom. The van der Waals surface area contributed by atoms with Gasteiger partial charge in [-0.25, -0.2) is 4.79 Å². The zero-order chi connectivity index (χ0) is 35.7. The van der Waals surface area contributed by atoms with Crippen molar-refractivity contribution in [3.63, 3.8) is 0 Å². The summed E-state index contributed by atoms with van der Waals surface area (Å²) in [5.41, 5.74) is 0. The second kappa shape index (κ2) is 31.8. The van der Waals surface area contributed by atoms with Crippen LogP contribution in [0.5, 0.6) is 0 Å². The molecular weight excluding hydrogens is 606 g/mol. The average Bonchev–Trinajstić information content (AvgIpc) is 3.03. The van der Waals surface area contributed by atoms with Gasteiger partial charge < -0.3 is 23.8 Å². The first-order valence-corrected chi connectivity index (χ1v) is 19.1. The van der Waals surface area contributed by atoms with Crippen molar-refractivity contribution in [1.29, 1.82) is 0 Å². The minimum absolute atomic E-state index is 0.0545. The molecule has 0 bridgehead atoms. The summed E-state index contributed by atoms with van der Waals surface area (Å²) in [5, 5.41) is 9.57. The van der Waals surface area contributed by atoms with Crippen molar-refractivity contribution in [3.8, 4) is 0 Å². The average molecular weight is 679 g/mol. The number of hydrogen-bond acceptors (Lipinski definition) is 6. The number of carboxylic acid groups (broad SMARTS) is 1. The normalized spacial score (nSPS) is 13.4. The van der Waals surface area contributed by atoms with Crippen LogP contribution >= 0.6 is 0 Å². The van der Waals surface area contributed by atoms with E-state index in [0.717, 1.165) is 57.8 Å². The predicted molar refractivity (Wildman–Crippen MR) is 197 cm³/mol. The Balaban J connectivity index is 4.42. The van der Waals surface area contributed by atoms with E-state index in [2.05, 4.69) is 50.3 Å². The Morgan fingerprint density at radius 2 is 1.17 bits per heavy atom. The molecule has 2 unspecified atom stereocenters. The molecule has 0 aliphatic rings. The first-order chi connectivity index (χ1) is 23.1. The van der Waals surface area contributed by atoms with Crippen LogP contribution in [0.1, 0.15) is 149 Å². The van der Waals surface area contributed by atoms with E-state index in [1.165, 1.54) is 57.8 Å². The van der Waals surface area contributed by atoms with Gasteiger partial charge in [-0.3, -0.25) is 9.59 Å². The minimum atomic E-state index is -0.879. The van der Waals surface area contributed by atoms with E-state index in [1.807, 2.05) is 21.1 Å². The SMILES string of the molecule is CC/C=C/C=C/C=C/CCCCCCCCCC(=O)OC(COCCC(C(=O)O)[N+](C)(C)C)COC(=O)CCCCCCCCCCC. The maximum atomic E-state index is 12.6. The summed E-state index contributed by atoms with van der Waals surface area (Å²) in [6.45, 7) is 4.56. The molecule has 0 aliphatic carbocycles. The number of hydrogen-bond donors (Lipinski definition) is 1. The maximum Gasteiger partial charge on any atom is 0.362 e. The van der Waals surface area contributed by atoms with Gasteiger partial charge in [0.1, 0.15) is 6.61 Å². The highest BCUT2D eigenvalue weighted by molar-refractivity contribution is 5.72. The Morgan fingerprint density at radius 1 is 0.646 bits per heavy atom. The summed E-state index contributed by atoms with van der Waals surface area (Å²) >= 11 is 0. The van der Waals surface area contributed by atoms with E-state index in [9.17, 15) is 19.5 Å². The molecule has 0 saturated heterocycles. The molecule has 1 N–H and O–H groups in total. The van der Waals surface area contributed by atoms with E-state index >= 15 is 0 Å². The van der Waals surface area contributed by atoms with E-state index < -0.39 is 18.1 Å². The molecule has 0 spiro atoms. The topological polar surface area (TPSA) is 99.1 Å². The molecule has 0 fully saturated rings. The van der Waals surface area contributed by atoms with Gasteiger partial charge in [-0.15, -0.1) is 0 Å². The van der Waals surface area contributed by atoms with Crippen LogP contribution in [0.4, 0.5) is 0 Å². The summed E-state index contributed by atoms with van der Waals surface area (Å²) in [5.74, 6) is -1.49. The molecule has 0 aromatic rings. The van der Waals surface area contributed by atoms with Crippen LogP contribution in [0.25, 0.3) is 0 Å².